The van der Waals surface area contributed by atoms with Crippen LogP contribution in [0.15, 0.2) is 29.1 Å². The zero-order valence-corrected chi connectivity index (χ0v) is 11.7. The summed E-state index contributed by atoms with van der Waals surface area (Å²) in [5.74, 6) is 0. The number of ether oxygens (including phenoxy) is 1. The quantitative estimate of drug-likeness (QED) is 0.835. The van der Waals surface area contributed by atoms with Gasteiger partial charge in [-0.3, -0.25) is 4.79 Å². The van der Waals surface area contributed by atoms with E-state index >= 15 is 0 Å². The molecule has 106 valence electrons. The largest absolute Gasteiger partial charge is 0.399 e. The second kappa shape index (κ2) is 4.83. The molecule has 0 saturated heterocycles. The molecule has 0 radical (unpaired) electrons. The SMILES string of the molecule is CO[C@H]1CC[C@H]1Nc1cc(=O)n(C)c2ccc(N)cc12. The number of nitrogen functional groups attached to an aromatic ring is 1. The molecular formula is C15H19N3O2. The number of anilines is 2. The topological polar surface area (TPSA) is 69.3 Å². The van der Waals surface area contributed by atoms with E-state index < -0.39 is 0 Å². The van der Waals surface area contributed by atoms with Crippen LogP contribution in [0.3, 0.4) is 0 Å². The number of aromatic nitrogens is 1. The summed E-state index contributed by atoms with van der Waals surface area (Å²) in [7, 11) is 3.49. The number of hydrogen-bond donors (Lipinski definition) is 2. The third kappa shape index (κ3) is 2.04. The van der Waals surface area contributed by atoms with Gasteiger partial charge in [0.25, 0.3) is 5.56 Å². The molecule has 3 N–H and O–H groups in total. The number of aryl methyl sites for hydroxylation is 1. The molecule has 2 aromatic rings. The highest BCUT2D eigenvalue weighted by Gasteiger charge is 2.31. The molecule has 1 heterocycles. The standard InChI is InChI=1S/C15H19N3O2/c1-18-13-5-3-9(16)7-10(13)12(8-15(18)19)17-11-4-6-14(11)20-2/h3,5,7-8,11,14,17H,4,6,16H2,1-2H3/t11-,14+/m1/s1. The van der Waals surface area contributed by atoms with Gasteiger partial charge in [0.05, 0.1) is 17.7 Å². The van der Waals surface area contributed by atoms with Crippen molar-refractivity contribution in [2.75, 3.05) is 18.2 Å². The van der Waals surface area contributed by atoms with Crippen LogP contribution in [-0.4, -0.2) is 23.8 Å². The van der Waals surface area contributed by atoms with Crippen molar-refractivity contribution in [2.45, 2.75) is 25.0 Å². The Morgan fingerprint density at radius 3 is 2.80 bits per heavy atom. The number of fused-ring (bicyclic) bond motifs is 1. The van der Waals surface area contributed by atoms with Crippen LogP contribution >= 0.6 is 0 Å². The number of benzene rings is 1. The molecule has 3 rings (SSSR count). The number of nitrogens with one attached hydrogen (secondary N) is 1. The Morgan fingerprint density at radius 1 is 1.35 bits per heavy atom. The Bertz CT molecular complexity index is 706. The molecule has 1 aromatic heterocycles. The fourth-order valence-corrected chi connectivity index (χ4v) is 2.71. The first-order valence-corrected chi connectivity index (χ1v) is 6.79. The lowest BCUT2D eigenvalue weighted by Gasteiger charge is -2.36. The summed E-state index contributed by atoms with van der Waals surface area (Å²) in [5, 5.41) is 4.39. The highest BCUT2D eigenvalue weighted by atomic mass is 16.5. The lowest BCUT2D eigenvalue weighted by molar-refractivity contribution is 0.0287. The number of hydrogen-bond acceptors (Lipinski definition) is 4. The minimum Gasteiger partial charge on any atom is -0.399 e. The lowest BCUT2D eigenvalue weighted by atomic mass is 9.88. The number of methoxy groups -OCH3 is 1. The van der Waals surface area contributed by atoms with Crippen LogP contribution in [0.25, 0.3) is 10.9 Å². The zero-order valence-electron chi connectivity index (χ0n) is 11.7. The molecule has 20 heavy (non-hydrogen) atoms. The molecule has 1 aliphatic carbocycles. The van der Waals surface area contributed by atoms with E-state index in [-0.39, 0.29) is 17.7 Å². The van der Waals surface area contributed by atoms with E-state index in [9.17, 15) is 4.79 Å². The van der Waals surface area contributed by atoms with E-state index in [0.717, 1.165) is 29.4 Å². The average molecular weight is 273 g/mol. The van der Waals surface area contributed by atoms with Crippen LogP contribution in [0, 0.1) is 0 Å². The van der Waals surface area contributed by atoms with Crippen molar-refractivity contribution in [3.8, 4) is 0 Å². The molecule has 5 heteroatoms. The molecule has 0 amide bonds. The van der Waals surface area contributed by atoms with Crippen molar-refractivity contribution in [1.82, 2.24) is 4.57 Å². The summed E-state index contributed by atoms with van der Waals surface area (Å²) < 4.78 is 7.02. The number of nitrogens with two attached hydrogens (primary N) is 1. The first-order valence-electron chi connectivity index (χ1n) is 6.79. The normalized spacial score (nSPS) is 21.7. The van der Waals surface area contributed by atoms with Crippen molar-refractivity contribution in [1.29, 1.82) is 0 Å². The summed E-state index contributed by atoms with van der Waals surface area (Å²) in [6, 6.07) is 7.49. The first kappa shape index (κ1) is 13.0. The van der Waals surface area contributed by atoms with E-state index in [1.807, 2.05) is 18.2 Å². The Morgan fingerprint density at radius 2 is 2.15 bits per heavy atom. The molecule has 0 unspecified atom stereocenters. The minimum atomic E-state index is -0.0296. The fourth-order valence-electron chi connectivity index (χ4n) is 2.71. The maximum absolute atomic E-state index is 12.0. The molecule has 0 spiro atoms. The predicted molar refractivity (Wildman–Crippen MR) is 81.0 cm³/mol. The van der Waals surface area contributed by atoms with Crippen LogP contribution in [0.2, 0.25) is 0 Å². The number of rotatable bonds is 3. The van der Waals surface area contributed by atoms with Crippen molar-refractivity contribution in [3.63, 3.8) is 0 Å². The smallest absolute Gasteiger partial charge is 0.252 e. The summed E-state index contributed by atoms with van der Waals surface area (Å²) in [6.45, 7) is 0. The summed E-state index contributed by atoms with van der Waals surface area (Å²) >= 11 is 0. The third-order valence-corrected chi connectivity index (χ3v) is 4.13. The lowest BCUT2D eigenvalue weighted by Crippen LogP contribution is -2.44. The molecule has 1 aromatic carbocycles. The maximum atomic E-state index is 12.0. The Labute approximate surface area is 117 Å². The van der Waals surface area contributed by atoms with Crippen LogP contribution in [0.4, 0.5) is 11.4 Å². The van der Waals surface area contributed by atoms with E-state index in [1.165, 1.54) is 0 Å². The van der Waals surface area contributed by atoms with Crippen LogP contribution in [0.5, 0.6) is 0 Å². The molecule has 0 aliphatic heterocycles. The zero-order chi connectivity index (χ0) is 14.3. The van der Waals surface area contributed by atoms with Gasteiger partial charge in [-0.05, 0) is 31.0 Å². The van der Waals surface area contributed by atoms with Crippen LogP contribution in [-0.2, 0) is 11.8 Å². The van der Waals surface area contributed by atoms with Gasteiger partial charge >= 0.3 is 0 Å². The van der Waals surface area contributed by atoms with Gasteiger partial charge in [-0.2, -0.15) is 0 Å². The van der Waals surface area contributed by atoms with Gasteiger partial charge in [-0.15, -0.1) is 0 Å². The Kier molecular flexibility index (Phi) is 3.14. The summed E-state index contributed by atoms with van der Waals surface area (Å²) in [6.07, 6.45) is 2.33. The van der Waals surface area contributed by atoms with Gasteiger partial charge in [-0.1, -0.05) is 0 Å². The van der Waals surface area contributed by atoms with Crippen molar-refractivity contribution in [2.24, 2.45) is 7.05 Å². The number of nitrogens with zero attached hydrogens (tertiary/aromatic N) is 1. The van der Waals surface area contributed by atoms with Crippen LogP contribution in [0.1, 0.15) is 12.8 Å². The van der Waals surface area contributed by atoms with Crippen molar-refractivity contribution >= 4 is 22.3 Å². The van der Waals surface area contributed by atoms with E-state index in [4.69, 9.17) is 10.5 Å². The monoisotopic (exact) mass is 273 g/mol. The minimum absolute atomic E-state index is 0.0296. The number of pyridine rings is 1. The van der Waals surface area contributed by atoms with Crippen molar-refractivity contribution in [3.05, 3.63) is 34.6 Å². The highest BCUT2D eigenvalue weighted by molar-refractivity contribution is 5.93. The van der Waals surface area contributed by atoms with Gasteiger partial charge < -0.3 is 20.4 Å². The molecule has 1 fully saturated rings. The molecule has 5 nitrogen and oxygen atoms in total. The summed E-state index contributed by atoms with van der Waals surface area (Å²) in [4.78, 5) is 12.0. The Hall–Kier alpha value is -2.01. The first-order chi connectivity index (χ1) is 9.60. The molecule has 1 aliphatic rings. The maximum Gasteiger partial charge on any atom is 0.252 e. The second-order valence-electron chi connectivity index (χ2n) is 5.33. The molecule has 2 atom stereocenters. The fraction of sp³-hybridized carbons (Fsp3) is 0.400. The molecular weight excluding hydrogens is 254 g/mol. The molecule has 1 saturated carbocycles. The van der Waals surface area contributed by atoms with Gasteiger partial charge in [0.15, 0.2) is 0 Å². The average Bonchev–Trinajstić information content (AvgIpc) is 2.40. The third-order valence-electron chi connectivity index (χ3n) is 4.13. The van der Waals surface area contributed by atoms with Gasteiger partial charge in [0, 0.05) is 37.0 Å². The van der Waals surface area contributed by atoms with Gasteiger partial charge in [0.1, 0.15) is 0 Å². The molecule has 0 bridgehead atoms. The van der Waals surface area contributed by atoms with E-state index in [0.29, 0.717) is 5.69 Å². The van der Waals surface area contributed by atoms with E-state index in [2.05, 4.69) is 5.32 Å². The summed E-state index contributed by atoms with van der Waals surface area (Å²) in [5.41, 5.74) is 8.25. The van der Waals surface area contributed by atoms with Gasteiger partial charge in [0.2, 0.25) is 0 Å². The predicted octanol–water partition coefficient (Wildman–Crippen LogP) is 1.71. The van der Waals surface area contributed by atoms with Crippen LogP contribution < -0.4 is 16.6 Å². The van der Waals surface area contributed by atoms with Gasteiger partial charge in [-0.25, -0.2) is 0 Å². The highest BCUT2D eigenvalue weighted by Crippen LogP contribution is 2.30. The van der Waals surface area contributed by atoms with E-state index in [1.54, 1.807) is 24.8 Å². The Balaban J connectivity index is 2.07. The second-order valence-corrected chi connectivity index (χ2v) is 5.33. The van der Waals surface area contributed by atoms with Crippen molar-refractivity contribution < 1.29 is 4.74 Å².